The molecule has 1 aliphatic rings. The zero-order chi connectivity index (χ0) is 24.5. The number of carbonyl (C=O) groups excluding carboxylic acids is 1. The van der Waals surface area contributed by atoms with Crippen molar-refractivity contribution in [3.63, 3.8) is 0 Å². The van der Waals surface area contributed by atoms with Crippen molar-refractivity contribution in [1.29, 1.82) is 0 Å². The first kappa shape index (κ1) is 22.8. The molecular weight excluding hydrogens is 462 g/mol. The lowest BCUT2D eigenvalue weighted by atomic mass is 10.0. The molecule has 1 amide bonds. The third-order valence-corrected chi connectivity index (χ3v) is 7.00. The molecule has 3 heterocycles. The fourth-order valence-electron chi connectivity index (χ4n) is 4.00. The van der Waals surface area contributed by atoms with Crippen molar-refractivity contribution in [2.45, 2.75) is 33.4 Å². The van der Waals surface area contributed by atoms with Crippen molar-refractivity contribution in [2.24, 2.45) is 4.99 Å². The molecule has 1 aliphatic heterocycles. The van der Waals surface area contributed by atoms with Gasteiger partial charge in [-0.1, -0.05) is 19.1 Å². The summed E-state index contributed by atoms with van der Waals surface area (Å²) in [4.78, 5) is 19.0. The van der Waals surface area contributed by atoms with Crippen molar-refractivity contribution in [2.75, 3.05) is 12.4 Å². The number of benzene rings is 2. The number of nitrogens with one attached hydrogen (secondary N) is 1. The second-order valence-electron chi connectivity index (χ2n) is 8.18. The highest BCUT2D eigenvalue weighted by molar-refractivity contribution is 7.15. The third kappa shape index (κ3) is 4.42. The minimum Gasteiger partial charge on any atom is -0.497 e. The number of carbonyl (C=O) groups is 1. The first-order valence-corrected chi connectivity index (χ1v) is 12.1. The number of nitrogens with zero attached hydrogens (tertiary/aromatic N) is 4. The Kier molecular flexibility index (Phi) is 6.08. The van der Waals surface area contributed by atoms with E-state index in [9.17, 15) is 4.79 Å². The Morgan fingerprint density at radius 2 is 1.91 bits per heavy atom. The Hall–Kier alpha value is -3.98. The number of aromatic nitrogens is 3. The summed E-state index contributed by atoms with van der Waals surface area (Å²) in [5.41, 5.74) is 4.23. The fraction of sp³-hybridized carbons (Fsp3) is 0.231. The van der Waals surface area contributed by atoms with Gasteiger partial charge in [0.25, 0.3) is 6.23 Å². The number of thiophene rings is 1. The van der Waals surface area contributed by atoms with Crippen molar-refractivity contribution in [1.82, 2.24) is 14.8 Å². The van der Waals surface area contributed by atoms with Gasteiger partial charge in [-0.15, -0.1) is 21.5 Å². The van der Waals surface area contributed by atoms with Crippen LogP contribution in [-0.2, 0) is 11.2 Å². The normalized spacial score (nSPS) is 14.4. The molecule has 0 bridgehead atoms. The van der Waals surface area contributed by atoms with Gasteiger partial charge >= 0.3 is 6.09 Å². The number of hydrogen-bond acceptors (Lipinski definition) is 7. The maximum Gasteiger partial charge on any atom is 0.413 e. The summed E-state index contributed by atoms with van der Waals surface area (Å²) >= 11 is 1.66. The predicted molar refractivity (Wildman–Crippen MR) is 136 cm³/mol. The van der Waals surface area contributed by atoms with Gasteiger partial charge in [0.2, 0.25) is 5.82 Å². The number of amides is 1. The van der Waals surface area contributed by atoms with Gasteiger partial charge in [-0.05, 0) is 68.3 Å². The van der Waals surface area contributed by atoms with Crippen LogP contribution in [0.4, 0.5) is 10.5 Å². The number of methoxy groups -OCH3 is 1. The van der Waals surface area contributed by atoms with E-state index in [0.717, 1.165) is 39.6 Å². The van der Waals surface area contributed by atoms with Crippen molar-refractivity contribution >= 4 is 28.8 Å². The minimum atomic E-state index is -0.984. The first-order chi connectivity index (χ1) is 17.0. The number of hydrogen-bond donors (Lipinski definition) is 1. The SMILES string of the molecule is CCc1cc2c(s1)-n1c(C)nnc1C(OC(=O)Nc1cccc(C)c1)N=C2c1ccc(OC)cc1. The molecule has 35 heavy (non-hydrogen) atoms. The molecule has 0 saturated carbocycles. The molecule has 0 aliphatic carbocycles. The maximum absolute atomic E-state index is 12.9. The second-order valence-corrected chi connectivity index (χ2v) is 9.30. The van der Waals surface area contributed by atoms with Crippen molar-refractivity contribution < 1.29 is 14.3 Å². The Balaban J connectivity index is 1.59. The summed E-state index contributed by atoms with van der Waals surface area (Å²) in [5, 5.41) is 12.4. The lowest BCUT2D eigenvalue weighted by Crippen LogP contribution is -2.19. The zero-order valence-corrected chi connectivity index (χ0v) is 20.7. The summed E-state index contributed by atoms with van der Waals surface area (Å²) in [6, 6.07) is 17.3. The molecule has 4 aromatic rings. The molecule has 2 aromatic heterocycles. The number of fused-ring (bicyclic) bond motifs is 3. The lowest BCUT2D eigenvalue weighted by Gasteiger charge is -2.14. The highest BCUT2D eigenvalue weighted by Gasteiger charge is 2.32. The third-order valence-electron chi connectivity index (χ3n) is 5.73. The number of rotatable bonds is 5. The van der Waals surface area contributed by atoms with Crippen LogP contribution in [-0.4, -0.2) is 33.7 Å². The highest BCUT2D eigenvalue weighted by Crippen LogP contribution is 2.37. The number of aryl methyl sites for hydroxylation is 3. The summed E-state index contributed by atoms with van der Waals surface area (Å²) in [6.07, 6.45) is -0.712. The minimum absolute atomic E-state index is 0.455. The molecule has 178 valence electrons. The number of anilines is 1. The van der Waals surface area contributed by atoms with Crippen LogP contribution in [0.25, 0.3) is 5.00 Å². The van der Waals surface area contributed by atoms with Crippen LogP contribution in [0.5, 0.6) is 5.75 Å². The first-order valence-electron chi connectivity index (χ1n) is 11.3. The van der Waals surface area contributed by atoms with Gasteiger partial charge in [0, 0.05) is 21.7 Å². The average molecular weight is 488 g/mol. The van der Waals surface area contributed by atoms with Crippen LogP contribution < -0.4 is 10.1 Å². The van der Waals surface area contributed by atoms with Gasteiger partial charge in [0.05, 0.1) is 12.8 Å². The molecule has 1 N–H and O–H groups in total. The Morgan fingerprint density at radius 1 is 1.11 bits per heavy atom. The quantitative estimate of drug-likeness (QED) is 0.395. The largest absolute Gasteiger partial charge is 0.497 e. The van der Waals surface area contributed by atoms with Gasteiger partial charge in [-0.3, -0.25) is 9.88 Å². The molecule has 1 unspecified atom stereocenters. The van der Waals surface area contributed by atoms with E-state index in [1.807, 2.05) is 66.9 Å². The molecule has 2 aromatic carbocycles. The molecule has 8 nitrogen and oxygen atoms in total. The second kappa shape index (κ2) is 9.34. The van der Waals surface area contributed by atoms with E-state index in [0.29, 0.717) is 17.3 Å². The van der Waals surface area contributed by atoms with E-state index in [1.165, 1.54) is 4.88 Å². The molecule has 9 heteroatoms. The fourth-order valence-corrected chi connectivity index (χ4v) is 5.16. The molecule has 0 spiro atoms. The van der Waals surface area contributed by atoms with Crippen LogP contribution >= 0.6 is 11.3 Å². The van der Waals surface area contributed by atoms with E-state index < -0.39 is 12.3 Å². The summed E-state index contributed by atoms with van der Waals surface area (Å²) in [6.45, 7) is 5.96. The summed E-state index contributed by atoms with van der Waals surface area (Å²) in [7, 11) is 1.63. The topological polar surface area (TPSA) is 90.6 Å². The van der Waals surface area contributed by atoms with Crippen LogP contribution in [0.1, 0.15) is 46.4 Å². The number of ether oxygens (including phenoxy) is 2. The maximum atomic E-state index is 12.9. The van der Waals surface area contributed by atoms with E-state index >= 15 is 0 Å². The number of aliphatic imine (C=N–C) groups is 1. The van der Waals surface area contributed by atoms with Crippen LogP contribution in [0, 0.1) is 13.8 Å². The van der Waals surface area contributed by atoms with E-state index in [-0.39, 0.29) is 0 Å². The van der Waals surface area contributed by atoms with E-state index in [1.54, 1.807) is 18.4 Å². The van der Waals surface area contributed by atoms with Gasteiger partial charge in [0.1, 0.15) is 16.6 Å². The lowest BCUT2D eigenvalue weighted by molar-refractivity contribution is 0.110. The monoisotopic (exact) mass is 487 g/mol. The zero-order valence-electron chi connectivity index (χ0n) is 19.9. The molecule has 1 atom stereocenters. The van der Waals surface area contributed by atoms with Gasteiger partial charge in [0.15, 0.2) is 0 Å². The van der Waals surface area contributed by atoms with Crippen molar-refractivity contribution in [3.05, 3.63) is 87.8 Å². The van der Waals surface area contributed by atoms with E-state index in [4.69, 9.17) is 14.5 Å². The molecular formula is C26H25N5O3S. The molecule has 0 fully saturated rings. The molecule has 0 saturated heterocycles. The Labute approximate surface area is 207 Å². The smallest absolute Gasteiger partial charge is 0.413 e. The van der Waals surface area contributed by atoms with Gasteiger partial charge in [-0.25, -0.2) is 9.79 Å². The molecule has 5 rings (SSSR count). The van der Waals surface area contributed by atoms with Gasteiger partial charge < -0.3 is 9.47 Å². The summed E-state index contributed by atoms with van der Waals surface area (Å²) < 4.78 is 13.1. The van der Waals surface area contributed by atoms with Gasteiger partial charge in [-0.2, -0.15) is 0 Å². The van der Waals surface area contributed by atoms with Crippen molar-refractivity contribution in [3.8, 4) is 10.8 Å². The standard InChI is InChI=1S/C26H25N5O3S/c1-5-20-14-21-22(17-9-11-19(33-4)12-10-17)28-24(23-30-29-16(3)31(23)25(21)35-20)34-26(32)27-18-8-6-7-15(2)13-18/h6-14,24H,5H2,1-4H3,(H,27,32). The Morgan fingerprint density at radius 3 is 2.63 bits per heavy atom. The Bertz CT molecular complexity index is 1420. The molecule has 0 radical (unpaired) electrons. The van der Waals surface area contributed by atoms with Crippen LogP contribution in [0.15, 0.2) is 59.6 Å². The van der Waals surface area contributed by atoms with E-state index in [2.05, 4.69) is 28.5 Å². The highest BCUT2D eigenvalue weighted by atomic mass is 32.1. The predicted octanol–water partition coefficient (Wildman–Crippen LogP) is 5.61. The van der Waals surface area contributed by atoms with Crippen LogP contribution in [0.3, 0.4) is 0 Å². The summed E-state index contributed by atoms with van der Waals surface area (Å²) in [5.74, 6) is 1.90. The average Bonchev–Trinajstić information content (AvgIpc) is 3.42. The van der Waals surface area contributed by atoms with Crippen LogP contribution in [0.2, 0.25) is 0 Å².